The van der Waals surface area contributed by atoms with Crippen molar-refractivity contribution in [3.63, 3.8) is 0 Å². The van der Waals surface area contributed by atoms with Crippen LogP contribution in [0.2, 0.25) is 0 Å². The number of hydroxylamine groups is 1. The van der Waals surface area contributed by atoms with Crippen molar-refractivity contribution in [1.29, 1.82) is 0 Å². The molecule has 10 heteroatoms. The maximum absolute atomic E-state index is 12.6. The number of carbonyl (C=O) groups is 2. The molecule has 166 valence electrons. The Bertz CT molecular complexity index is 921. The van der Waals surface area contributed by atoms with E-state index in [1.165, 1.54) is 24.7 Å². The van der Waals surface area contributed by atoms with Gasteiger partial charge in [-0.25, -0.2) is 10.3 Å². The lowest BCUT2D eigenvalue weighted by molar-refractivity contribution is -0.124. The second-order valence-corrected chi connectivity index (χ2v) is 8.22. The topological polar surface area (TPSA) is 117 Å². The third-order valence-electron chi connectivity index (χ3n) is 4.26. The van der Waals surface area contributed by atoms with E-state index in [1.807, 2.05) is 0 Å². The number of aromatic hydroxyl groups is 1. The van der Waals surface area contributed by atoms with E-state index in [9.17, 15) is 14.7 Å². The summed E-state index contributed by atoms with van der Waals surface area (Å²) in [7, 11) is 1.47. The van der Waals surface area contributed by atoms with E-state index >= 15 is 0 Å². The van der Waals surface area contributed by atoms with Gasteiger partial charge in [-0.3, -0.25) is 15.3 Å². The Morgan fingerprint density at radius 2 is 1.81 bits per heavy atom. The van der Waals surface area contributed by atoms with E-state index in [0.29, 0.717) is 28.6 Å². The molecule has 0 radical (unpaired) electrons. The summed E-state index contributed by atoms with van der Waals surface area (Å²) in [6.45, 7) is 0. The standard InChI is InChI=1S/C21H22Br2N2O6/c1-30-18(4-2-3-5-19(27)25-29)20(16-12-14(23)8-11-17(16)26)31-21(28)24-15-9-6-13(22)7-10-15/h3,5-12,18,20,26,29H,2,4H2,1H3,(H,24,28)(H,25,27)/b5-3+/t18-,20-/m0/s1. The molecule has 2 amide bonds. The van der Waals surface area contributed by atoms with Crippen LogP contribution in [-0.2, 0) is 14.3 Å². The van der Waals surface area contributed by atoms with Gasteiger partial charge < -0.3 is 14.6 Å². The first-order chi connectivity index (χ1) is 14.8. The van der Waals surface area contributed by atoms with Crippen LogP contribution in [-0.4, -0.2) is 35.5 Å². The van der Waals surface area contributed by atoms with Gasteiger partial charge in [0.25, 0.3) is 5.91 Å². The fourth-order valence-electron chi connectivity index (χ4n) is 2.77. The van der Waals surface area contributed by atoms with Gasteiger partial charge in [-0.2, -0.15) is 0 Å². The first-order valence-electron chi connectivity index (χ1n) is 9.19. The normalized spacial score (nSPS) is 12.9. The molecular formula is C21H22Br2N2O6. The second kappa shape index (κ2) is 12.5. The number of anilines is 1. The number of hydrogen-bond acceptors (Lipinski definition) is 6. The molecule has 0 aromatic heterocycles. The fourth-order valence-corrected chi connectivity index (χ4v) is 3.41. The minimum absolute atomic E-state index is 0.0538. The van der Waals surface area contributed by atoms with E-state index in [1.54, 1.807) is 42.5 Å². The molecule has 2 aromatic carbocycles. The summed E-state index contributed by atoms with van der Waals surface area (Å²) in [5.74, 6) is -0.706. The zero-order chi connectivity index (χ0) is 22.8. The van der Waals surface area contributed by atoms with Gasteiger partial charge in [0.2, 0.25) is 0 Å². The Hall–Kier alpha value is -2.40. The summed E-state index contributed by atoms with van der Waals surface area (Å²) < 4.78 is 12.7. The Kier molecular flexibility index (Phi) is 9.99. The van der Waals surface area contributed by atoms with Crippen LogP contribution in [0, 0.1) is 0 Å². The number of hydrogen-bond donors (Lipinski definition) is 4. The van der Waals surface area contributed by atoms with Crippen molar-refractivity contribution in [2.45, 2.75) is 25.0 Å². The van der Waals surface area contributed by atoms with Crippen LogP contribution in [0.25, 0.3) is 0 Å². The van der Waals surface area contributed by atoms with Gasteiger partial charge in [-0.05, 0) is 55.3 Å². The number of rotatable bonds is 9. The fraction of sp³-hybridized carbons (Fsp3) is 0.238. The number of benzene rings is 2. The van der Waals surface area contributed by atoms with Gasteiger partial charge in [-0.1, -0.05) is 37.9 Å². The van der Waals surface area contributed by atoms with E-state index < -0.39 is 24.2 Å². The van der Waals surface area contributed by atoms with E-state index in [2.05, 4.69) is 37.2 Å². The molecule has 0 aliphatic carbocycles. The molecular weight excluding hydrogens is 536 g/mol. The summed E-state index contributed by atoms with van der Waals surface area (Å²) in [5.41, 5.74) is 2.41. The van der Waals surface area contributed by atoms with E-state index in [4.69, 9.17) is 14.7 Å². The summed E-state index contributed by atoms with van der Waals surface area (Å²) in [4.78, 5) is 23.7. The quantitative estimate of drug-likeness (QED) is 0.194. The predicted molar refractivity (Wildman–Crippen MR) is 122 cm³/mol. The maximum atomic E-state index is 12.6. The highest BCUT2D eigenvalue weighted by Gasteiger charge is 2.29. The van der Waals surface area contributed by atoms with Gasteiger partial charge in [0, 0.05) is 33.4 Å². The number of amides is 2. The maximum Gasteiger partial charge on any atom is 0.412 e. The largest absolute Gasteiger partial charge is 0.508 e. The predicted octanol–water partition coefficient (Wildman–Crippen LogP) is 5.06. The molecule has 8 nitrogen and oxygen atoms in total. The van der Waals surface area contributed by atoms with Crippen molar-refractivity contribution in [1.82, 2.24) is 5.48 Å². The third kappa shape index (κ3) is 7.98. The first-order valence-corrected chi connectivity index (χ1v) is 10.8. The van der Waals surface area contributed by atoms with Crippen molar-refractivity contribution in [3.8, 4) is 5.75 Å². The summed E-state index contributed by atoms with van der Waals surface area (Å²) in [6, 6.07) is 11.8. The average molecular weight is 558 g/mol. The smallest absolute Gasteiger partial charge is 0.412 e. The zero-order valence-corrected chi connectivity index (χ0v) is 19.7. The molecule has 0 bridgehead atoms. The molecule has 4 N–H and O–H groups in total. The molecule has 0 saturated heterocycles. The molecule has 0 heterocycles. The Morgan fingerprint density at radius 1 is 1.13 bits per heavy atom. The van der Waals surface area contributed by atoms with Gasteiger partial charge in [0.1, 0.15) is 5.75 Å². The minimum Gasteiger partial charge on any atom is -0.508 e. The van der Waals surface area contributed by atoms with Gasteiger partial charge in [0.05, 0.1) is 6.10 Å². The van der Waals surface area contributed by atoms with Crippen molar-refractivity contribution >= 4 is 49.5 Å². The minimum atomic E-state index is -0.932. The molecule has 0 saturated carbocycles. The molecule has 2 atom stereocenters. The van der Waals surface area contributed by atoms with Crippen LogP contribution in [0.1, 0.15) is 24.5 Å². The zero-order valence-electron chi connectivity index (χ0n) is 16.5. The molecule has 0 fully saturated rings. The number of phenolic OH excluding ortho intramolecular Hbond substituents is 1. The molecule has 2 aromatic rings. The van der Waals surface area contributed by atoms with Crippen LogP contribution >= 0.6 is 31.9 Å². The van der Waals surface area contributed by atoms with Crippen LogP contribution < -0.4 is 10.8 Å². The van der Waals surface area contributed by atoms with Crippen molar-refractivity contribution in [2.24, 2.45) is 0 Å². The Morgan fingerprint density at radius 3 is 2.45 bits per heavy atom. The number of phenols is 1. The SMILES string of the molecule is CO[C@@H](CC/C=C/C(=O)NO)[C@@H](OC(=O)Nc1ccc(Br)cc1)c1cc(Br)ccc1O. The molecule has 0 aliphatic rings. The van der Waals surface area contributed by atoms with Gasteiger partial charge >= 0.3 is 6.09 Å². The Balaban J connectivity index is 2.21. The summed E-state index contributed by atoms with van der Waals surface area (Å²) in [6.07, 6.45) is 1.22. The molecule has 0 unspecified atom stereocenters. The first kappa shape index (κ1) is 24.9. The molecule has 0 spiro atoms. The molecule has 31 heavy (non-hydrogen) atoms. The molecule has 2 rings (SSSR count). The lowest BCUT2D eigenvalue weighted by atomic mass is 9.99. The van der Waals surface area contributed by atoms with Crippen molar-refractivity contribution in [3.05, 3.63) is 69.1 Å². The Labute approximate surface area is 196 Å². The number of carbonyl (C=O) groups excluding carboxylic acids is 2. The lowest BCUT2D eigenvalue weighted by Gasteiger charge is -2.27. The molecule has 0 aliphatic heterocycles. The van der Waals surface area contributed by atoms with E-state index in [0.717, 1.165) is 4.47 Å². The van der Waals surface area contributed by atoms with Crippen LogP contribution in [0.4, 0.5) is 10.5 Å². The number of methoxy groups -OCH3 is 1. The summed E-state index contributed by atoms with van der Waals surface area (Å²) >= 11 is 6.69. The van der Waals surface area contributed by atoms with Crippen molar-refractivity contribution in [2.75, 3.05) is 12.4 Å². The summed E-state index contributed by atoms with van der Waals surface area (Å²) in [5, 5.41) is 21.6. The van der Waals surface area contributed by atoms with E-state index in [-0.39, 0.29) is 5.75 Å². The highest BCUT2D eigenvalue weighted by atomic mass is 79.9. The van der Waals surface area contributed by atoms with Gasteiger partial charge in [0.15, 0.2) is 6.10 Å². The van der Waals surface area contributed by atoms with Crippen molar-refractivity contribution < 1.29 is 29.4 Å². The number of ether oxygens (including phenoxy) is 2. The van der Waals surface area contributed by atoms with Crippen LogP contribution in [0.3, 0.4) is 0 Å². The van der Waals surface area contributed by atoms with Crippen LogP contribution in [0.5, 0.6) is 5.75 Å². The van der Waals surface area contributed by atoms with Gasteiger partial charge in [-0.15, -0.1) is 0 Å². The monoisotopic (exact) mass is 556 g/mol. The highest BCUT2D eigenvalue weighted by molar-refractivity contribution is 9.10. The third-order valence-corrected chi connectivity index (χ3v) is 5.28. The average Bonchev–Trinajstić information content (AvgIpc) is 2.75. The number of allylic oxidation sites excluding steroid dienone is 1. The van der Waals surface area contributed by atoms with Crippen LogP contribution in [0.15, 0.2) is 63.6 Å². The lowest BCUT2D eigenvalue weighted by Crippen LogP contribution is -2.28. The number of halogens is 2. The second-order valence-electron chi connectivity index (χ2n) is 6.39. The number of nitrogens with one attached hydrogen (secondary N) is 2. The highest BCUT2D eigenvalue weighted by Crippen LogP contribution is 2.35.